The predicted octanol–water partition coefficient (Wildman–Crippen LogP) is 5.64. The third-order valence-corrected chi connectivity index (χ3v) is 6.08. The van der Waals surface area contributed by atoms with Crippen LogP contribution in [0.5, 0.6) is 5.75 Å². The fourth-order valence-electron chi connectivity index (χ4n) is 3.46. The fourth-order valence-corrected chi connectivity index (χ4v) is 4.31. The second-order valence-electron chi connectivity index (χ2n) is 7.58. The van der Waals surface area contributed by atoms with Crippen molar-refractivity contribution in [3.63, 3.8) is 0 Å². The normalized spacial score (nSPS) is 11.3. The van der Waals surface area contributed by atoms with E-state index in [1.54, 1.807) is 24.3 Å². The van der Waals surface area contributed by atoms with Gasteiger partial charge in [0.25, 0.3) is 5.56 Å². The van der Waals surface area contributed by atoms with E-state index in [1.165, 1.54) is 40.6 Å². The number of hydrogen-bond acceptors (Lipinski definition) is 7. The topological polar surface area (TPSA) is 83.0 Å². The lowest BCUT2D eigenvalue weighted by Gasteiger charge is -2.13. The molecule has 0 saturated heterocycles. The summed E-state index contributed by atoms with van der Waals surface area (Å²) in [4.78, 5) is 18.0. The maximum absolute atomic E-state index is 13.3. The zero-order valence-corrected chi connectivity index (χ0v) is 19.2. The Morgan fingerprint density at radius 3 is 2.49 bits per heavy atom. The molecular weight excluding hydrogens is 474 g/mol. The number of ether oxygens (including phenoxy) is 1. The summed E-state index contributed by atoms with van der Waals surface area (Å²) in [6.45, 7) is -0.939. The summed E-state index contributed by atoms with van der Waals surface area (Å²) in [6, 6.07) is 20.6. The number of thioether (sulfide) groups is 1. The Kier molecular flexibility index (Phi) is 6.28. The van der Waals surface area contributed by atoms with Gasteiger partial charge in [0.15, 0.2) is 5.16 Å². The molecule has 0 aliphatic carbocycles. The van der Waals surface area contributed by atoms with Crippen molar-refractivity contribution in [1.82, 2.24) is 19.7 Å². The summed E-state index contributed by atoms with van der Waals surface area (Å²) in [5, 5.41) is 9.06. The van der Waals surface area contributed by atoms with E-state index in [9.17, 15) is 13.6 Å². The van der Waals surface area contributed by atoms with Gasteiger partial charge in [0.1, 0.15) is 5.75 Å². The molecule has 0 aliphatic heterocycles. The molecule has 176 valence electrons. The summed E-state index contributed by atoms with van der Waals surface area (Å²) >= 11 is 1.25. The summed E-state index contributed by atoms with van der Waals surface area (Å²) < 4.78 is 36.7. The van der Waals surface area contributed by atoms with E-state index in [-0.39, 0.29) is 17.1 Å². The van der Waals surface area contributed by atoms with Gasteiger partial charge in [-0.05, 0) is 55.5 Å². The van der Waals surface area contributed by atoms with Gasteiger partial charge >= 0.3 is 6.61 Å². The molecule has 0 unspecified atom stereocenters. The summed E-state index contributed by atoms with van der Waals surface area (Å²) in [7, 11) is 0. The molecule has 0 radical (unpaired) electrons. The monoisotopic (exact) mass is 492 g/mol. The molecule has 0 N–H and O–H groups in total. The largest absolute Gasteiger partial charge is 0.435 e. The number of halogens is 2. The van der Waals surface area contributed by atoms with Crippen LogP contribution in [0.1, 0.15) is 11.5 Å². The second kappa shape index (κ2) is 9.67. The van der Waals surface area contributed by atoms with Gasteiger partial charge < -0.3 is 9.15 Å². The number of fused-ring (bicyclic) bond motifs is 1. The Morgan fingerprint density at radius 2 is 1.74 bits per heavy atom. The quantitative estimate of drug-likeness (QED) is 0.215. The highest BCUT2D eigenvalue weighted by atomic mass is 32.2. The van der Waals surface area contributed by atoms with Gasteiger partial charge in [-0.2, -0.15) is 8.78 Å². The lowest BCUT2D eigenvalue weighted by molar-refractivity contribution is -0.0498. The van der Waals surface area contributed by atoms with Gasteiger partial charge in [-0.15, -0.1) is 10.2 Å². The van der Waals surface area contributed by atoms with Gasteiger partial charge in [-0.3, -0.25) is 9.36 Å². The lowest BCUT2D eigenvalue weighted by Crippen LogP contribution is -2.21. The second-order valence-corrected chi connectivity index (χ2v) is 8.52. The van der Waals surface area contributed by atoms with E-state index in [1.807, 2.05) is 31.2 Å². The molecule has 10 heteroatoms. The Bertz CT molecular complexity index is 1530. The van der Waals surface area contributed by atoms with Gasteiger partial charge in [0.2, 0.25) is 11.8 Å². The van der Waals surface area contributed by atoms with Crippen molar-refractivity contribution < 1.29 is 17.9 Å². The van der Waals surface area contributed by atoms with E-state index in [4.69, 9.17) is 4.42 Å². The van der Waals surface area contributed by atoms with Crippen molar-refractivity contribution in [1.29, 1.82) is 0 Å². The minimum absolute atomic E-state index is 0.00533. The number of alkyl halides is 2. The van der Waals surface area contributed by atoms with Crippen molar-refractivity contribution in [3.8, 4) is 22.9 Å². The summed E-state index contributed by atoms with van der Waals surface area (Å²) in [5.41, 5.74) is 2.65. The van der Waals surface area contributed by atoms with Crippen LogP contribution in [0.4, 0.5) is 8.78 Å². The molecule has 2 heterocycles. The molecule has 5 aromatic rings. The first-order chi connectivity index (χ1) is 17.0. The van der Waals surface area contributed by atoms with Crippen LogP contribution in [0.2, 0.25) is 0 Å². The molecule has 3 aromatic carbocycles. The number of aryl methyl sites for hydroxylation is 1. The molecule has 0 bridgehead atoms. The Balaban J connectivity index is 1.47. The number of para-hydroxylation sites is 1. The van der Waals surface area contributed by atoms with Crippen molar-refractivity contribution >= 4 is 22.7 Å². The molecule has 0 saturated carbocycles. The third-order valence-electron chi connectivity index (χ3n) is 5.16. The SMILES string of the molecule is Cc1ccc(-c2nnc(CSc3nc4ccccc4c(=O)n3-c3ccc(OC(F)F)cc3)o2)cc1. The maximum Gasteiger partial charge on any atom is 0.387 e. The number of benzene rings is 3. The molecule has 5 rings (SSSR count). The third kappa shape index (κ3) is 4.92. The number of aromatic nitrogens is 4. The highest BCUT2D eigenvalue weighted by molar-refractivity contribution is 7.98. The average molecular weight is 493 g/mol. The van der Waals surface area contributed by atoms with E-state index in [2.05, 4.69) is 19.9 Å². The van der Waals surface area contributed by atoms with Crippen molar-refractivity contribution in [2.75, 3.05) is 0 Å². The lowest BCUT2D eigenvalue weighted by atomic mass is 10.1. The minimum Gasteiger partial charge on any atom is -0.435 e. The number of hydrogen-bond donors (Lipinski definition) is 0. The van der Waals surface area contributed by atoms with Crippen LogP contribution in [0.25, 0.3) is 28.0 Å². The highest BCUT2D eigenvalue weighted by Gasteiger charge is 2.16. The molecule has 0 spiro atoms. The summed E-state index contributed by atoms with van der Waals surface area (Å²) in [5.74, 6) is 1.05. The van der Waals surface area contributed by atoms with E-state index < -0.39 is 6.61 Å². The minimum atomic E-state index is -2.93. The zero-order chi connectivity index (χ0) is 24.4. The van der Waals surface area contributed by atoms with Crippen LogP contribution < -0.4 is 10.3 Å². The van der Waals surface area contributed by atoms with E-state index in [0.717, 1.165) is 11.1 Å². The van der Waals surface area contributed by atoms with Crippen LogP contribution in [0.3, 0.4) is 0 Å². The average Bonchev–Trinajstić information content (AvgIpc) is 3.33. The van der Waals surface area contributed by atoms with Crippen molar-refractivity contribution in [3.05, 3.63) is 94.6 Å². The Labute approximate surface area is 202 Å². The Hall–Kier alpha value is -4.05. The van der Waals surface area contributed by atoms with Gasteiger partial charge in [0.05, 0.1) is 22.3 Å². The molecular formula is C25H18F2N4O3S. The first-order valence-corrected chi connectivity index (χ1v) is 11.6. The fraction of sp³-hybridized carbons (Fsp3) is 0.120. The first-order valence-electron chi connectivity index (χ1n) is 10.6. The molecule has 0 aliphatic rings. The highest BCUT2D eigenvalue weighted by Crippen LogP contribution is 2.27. The smallest absolute Gasteiger partial charge is 0.387 e. The van der Waals surface area contributed by atoms with Gasteiger partial charge in [-0.1, -0.05) is 41.6 Å². The standard InChI is InChI=1S/C25H18F2N4O3S/c1-15-6-8-16(9-7-15)22-30-29-21(34-22)14-35-25-28-20-5-3-2-4-19(20)23(32)31(25)17-10-12-18(13-11-17)33-24(26)27/h2-13,24H,14H2,1H3. The first kappa shape index (κ1) is 22.7. The van der Waals surface area contributed by atoms with Crippen LogP contribution in [-0.2, 0) is 5.75 Å². The van der Waals surface area contributed by atoms with E-state index in [0.29, 0.717) is 33.5 Å². The van der Waals surface area contributed by atoms with E-state index >= 15 is 0 Å². The van der Waals surface area contributed by atoms with Crippen molar-refractivity contribution in [2.24, 2.45) is 0 Å². The molecule has 0 amide bonds. The zero-order valence-electron chi connectivity index (χ0n) is 18.4. The summed E-state index contributed by atoms with van der Waals surface area (Å²) in [6.07, 6.45) is 0. The molecule has 7 nitrogen and oxygen atoms in total. The van der Waals surface area contributed by atoms with Crippen LogP contribution >= 0.6 is 11.8 Å². The van der Waals surface area contributed by atoms with Crippen molar-refractivity contribution in [2.45, 2.75) is 24.4 Å². The molecule has 0 atom stereocenters. The molecule has 0 fully saturated rings. The van der Waals surface area contributed by atoms with Crippen LogP contribution in [0, 0.1) is 6.92 Å². The van der Waals surface area contributed by atoms with Gasteiger partial charge in [0, 0.05) is 5.56 Å². The number of rotatable bonds is 7. The Morgan fingerprint density at radius 1 is 1.00 bits per heavy atom. The molecule has 2 aromatic heterocycles. The van der Waals surface area contributed by atoms with Gasteiger partial charge in [-0.25, -0.2) is 4.98 Å². The predicted molar refractivity (Wildman–Crippen MR) is 128 cm³/mol. The maximum atomic E-state index is 13.3. The van der Waals surface area contributed by atoms with Crippen LogP contribution in [-0.4, -0.2) is 26.4 Å². The molecule has 35 heavy (non-hydrogen) atoms. The van der Waals surface area contributed by atoms with Crippen LogP contribution in [0.15, 0.2) is 87.2 Å². The number of nitrogens with zero attached hydrogens (tertiary/aromatic N) is 4.